The molecule has 1 N–H and O–H groups in total. The number of carboxylic acids is 1. The molecule has 0 amide bonds. The lowest BCUT2D eigenvalue weighted by Crippen LogP contribution is -2.13. The molecule has 1 aromatic rings. The summed E-state index contributed by atoms with van der Waals surface area (Å²) < 4.78 is 5.63. The molecule has 1 aliphatic carbocycles. The summed E-state index contributed by atoms with van der Waals surface area (Å²) in [6.07, 6.45) is 8.06. The van der Waals surface area contributed by atoms with Gasteiger partial charge in [0.1, 0.15) is 0 Å². The van der Waals surface area contributed by atoms with Crippen molar-refractivity contribution in [3.63, 3.8) is 0 Å². The molecule has 0 saturated heterocycles. The molecular formula is C14H18O3S. The van der Waals surface area contributed by atoms with Crippen LogP contribution in [0.4, 0.5) is 0 Å². The molecule has 18 heavy (non-hydrogen) atoms. The first-order valence-electron chi connectivity index (χ1n) is 6.30. The quantitative estimate of drug-likeness (QED) is 0.606. The van der Waals surface area contributed by atoms with Gasteiger partial charge in [0.05, 0.1) is 6.61 Å². The van der Waals surface area contributed by atoms with Gasteiger partial charge < -0.3 is 9.84 Å². The number of ether oxygens (including phenoxy) is 1. The number of carbonyl (C=O) groups is 1. The Morgan fingerprint density at radius 1 is 1.56 bits per heavy atom. The van der Waals surface area contributed by atoms with Crippen LogP contribution in [0.15, 0.2) is 17.5 Å². The Hall–Kier alpha value is -1.13. The van der Waals surface area contributed by atoms with E-state index in [2.05, 4.69) is 0 Å². The molecule has 1 fully saturated rings. The number of aliphatic carboxylic acids is 1. The van der Waals surface area contributed by atoms with Gasteiger partial charge in [-0.05, 0) is 35.4 Å². The average Bonchev–Trinajstić information content (AvgIpc) is 2.71. The first kappa shape index (κ1) is 13.3. The summed E-state index contributed by atoms with van der Waals surface area (Å²) in [7, 11) is 0. The van der Waals surface area contributed by atoms with Gasteiger partial charge in [-0.1, -0.05) is 19.3 Å². The van der Waals surface area contributed by atoms with Gasteiger partial charge in [0.2, 0.25) is 0 Å². The maximum Gasteiger partial charge on any atom is 0.328 e. The van der Waals surface area contributed by atoms with Gasteiger partial charge in [-0.15, -0.1) is 11.3 Å². The zero-order valence-corrected chi connectivity index (χ0v) is 11.1. The second-order valence-electron chi connectivity index (χ2n) is 4.66. The maximum absolute atomic E-state index is 10.4. The molecule has 0 aromatic carbocycles. The van der Waals surface area contributed by atoms with Crippen molar-refractivity contribution in [3.8, 4) is 0 Å². The fourth-order valence-electron chi connectivity index (χ4n) is 1.93. The Morgan fingerprint density at radius 3 is 3.06 bits per heavy atom. The van der Waals surface area contributed by atoms with Crippen molar-refractivity contribution in [1.82, 2.24) is 0 Å². The highest BCUT2D eigenvalue weighted by molar-refractivity contribution is 7.10. The summed E-state index contributed by atoms with van der Waals surface area (Å²) in [5.41, 5.74) is 0.931. The Balaban J connectivity index is 1.67. The van der Waals surface area contributed by atoms with Crippen LogP contribution in [0.2, 0.25) is 0 Å². The van der Waals surface area contributed by atoms with E-state index in [0.717, 1.165) is 29.0 Å². The molecule has 1 heterocycles. The predicted octanol–water partition coefficient (Wildman–Crippen LogP) is 3.55. The maximum atomic E-state index is 10.4. The highest BCUT2D eigenvalue weighted by Crippen LogP contribution is 2.29. The zero-order valence-electron chi connectivity index (χ0n) is 10.3. The van der Waals surface area contributed by atoms with Crippen molar-refractivity contribution in [2.75, 3.05) is 6.61 Å². The van der Waals surface area contributed by atoms with Gasteiger partial charge in [-0.25, -0.2) is 4.79 Å². The first-order chi connectivity index (χ1) is 8.74. The summed E-state index contributed by atoms with van der Waals surface area (Å²) >= 11 is 1.61. The Morgan fingerprint density at radius 2 is 2.39 bits per heavy atom. The highest BCUT2D eigenvalue weighted by atomic mass is 32.1. The minimum Gasteiger partial charge on any atom is -0.478 e. The number of hydrogen-bond acceptors (Lipinski definition) is 3. The van der Waals surface area contributed by atoms with Crippen LogP contribution in [0.25, 0.3) is 6.08 Å². The third-order valence-electron chi connectivity index (χ3n) is 3.23. The first-order valence-corrected chi connectivity index (χ1v) is 7.18. The molecule has 2 rings (SSSR count). The Bertz CT molecular complexity index is 418. The lowest BCUT2D eigenvalue weighted by atomic mass is 9.83. The van der Waals surface area contributed by atoms with Crippen LogP contribution in [0.3, 0.4) is 0 Å². The van der Waals surface area contributed by atoms with Gasteiger partial charge in [0.15, 0.2) is 0 Å². The van der Waals surface area contributed by atoms with Gasteiger partial charge >= 0.3 is 5.97 Å². The van der Waals surface area contributed by atoms with Crippen LogP contribution in [-0.4, -0.2) is 17.7 Å². The fraction of sp³-hybridized carbons (Fsp3) is 0.500. The van der Waals surface area contributed by atoms with E-state index in [1.807, 2.05) is 11.4 Å². The monoisotopic (exact) mass is 266 g/mol. The topological polar surface area (TPSA) is 46.5 Å². The predicted molar refractivity (Wildman–Crippen MR) is 72.6 cm³/mol. The lowest BCUT2D eigenvalue weighted by Gasteiger charge is -2.24. The normalized spacial score (nSPS) is 16.0. The molecule has 0 aliphatic heterocycles. The van der Waals surface area contributed by atoms with Crippen LogP contribution < -0.4 is 0 Å². The van der Waals surface area contributed by atoms with Crippen LogP contribution in [-0.2, 0) is 16.1 Å². The summed E-state index contributed by atoms with van der Waals surface area (Å²) in [5, 5.41) is 10.5. The van der Waals surface area contributed by atoms with E-state index in [4.69, 9.17) is 9.84 Å². The minimum atomic E-state index is -0.917. The smallest absolute Gasteiger partial charge is 0.328 e. The Labute approximate surface area is 111 Å². The second kappa shape index (κ2) is 6.71. The van der Waals surface area contributed by atoms with Crippen molar-refractivity contribution in [1.29, 1.82) is 0 Å². The van der Waals surface area contributed by atoms with Crippen molar-refractivity contribution in [2.24, 2.45) is 5.92 Å². The third kappa shape index (κ3) is 4.27. The lowest BCUT2D eigenvalue weighted by molar-refractivity contribution is -0.131. The molecular weight excluding hydrogens is 248 g/mol. The van der Waals surface area contributed by atoms with E-state index in [9.17, 15) is 4.79 Å². The molecule has 3 nitrogen and oxygen atoms in total. The van der Waals surface area contributed by atoms with Crippen LogP contribution in [0.1, 0.15) is 36.1 Å². The summed E-state index contributed by atoms with van der Waals surface area (Å²) in [5.74, 6) is -0.0260. The molecule has 1 saturated carbocycles. The highest BCUT2D eigenvalue weighted by Gasteiger charge is 2.16. The van der Waals surface area contributed by atoms with Gasteiger partial charge in [0.25, 0.3) is 0 Å². The molecule has 1 aliphatic rings. The molecule has 0 unspecified atom stereocenters. The van der Waals surface area contributed by atoms with E-state index in [1.54, 1.807) is 17.4 Å². The Kier molecular flexibility index (Phi) is 4.96. The van der Waals surface area contributed by atoms with Crippen molar-refractivity contribution in [3.05, 3.63) is 28.0 Å². The summed E-state index contributed by atoms with van der Waals surface area (Å²) in [4.78, 5) is 11.5. The molecule has 98 valence electrons. The molecule has 4 heteroatoms. The van der Waals surface area contributed by atoms with Gasteiger partial charge in [-0.2, -0.15) is 0 Å². The van der Waals surface area contributed by atoms with E-state index in [0.29, 0.717) is 6.61 Å². The fourth-order valence-corrected chi connectivity index (χ4v) is 2.72. The largest absolute Gasteiger partial charge is 0.478 e. The SMILES string of the molecule is O=C(O)/C=C/c1csc(COCCC2CCC2)c1. The standard InChI is InChI=1S/C14H18O3S/c15-14(16)5-4-12-8-13(18-10-12)9-17-7-6-11-2-1-3-11/h4-5,8,10-11H,1-3,6-7,9H2,(H,15,16)/b5-4+. The molecule has 0 radical (unpaired) electrons. The van der Waals surface area contributed by atoms with Crippen LogP contribution in [0, 0.1) is 5.92 Å². The number of hydrogen-bond donors (Lipinski definition) is 1. The van der Waals surface area contributed by atoms with Gasteiger partial charge in [-0.3, -0.25) is 0 Å². The van der Waals surface area contributed by atoms with Crippen molar-refractivity contribution in [2.45, 2.75) is 32.3 Å². The second-order valence-corrected chi connectivity index (χ2v) is 5.65. The summed E-state index contributed by atoms with van der Waals surface area (Å²) in [6, 6.07) is 1.98. The van der Waals surface area contributed by atoms with Gasteiger partial charge in [0, 0.05) is 17.6 Å². The molecule has 0 atom stereocenters. The molecule has 1 aromatic heterocycles. The zero-order chi connectivity index (χ0) is 12.8. The molecule has 0 spiro atoms. The van der Waals surface area contributed by atoms with E-state index in [-0.39, 0.29) is 0 Å². The third-order valence-corrected chi connectivity index (χ3v) is 4.16. The van der Waals surface area contributed by atoms with Crippen LogP contribution in [0.5, 0.6) is 0 Å². The minimum absolute atomic E-state index is 0.637. The van der Waals surface area contributed by atoms with Crippen LogP contribution >= 0.6 is 11.3 Å². The number of carboxylic acid groups (broad SMARTS) is 1. The summed E-state index contributed by atoms with van der Waals surface area (Å²) in [6.45, 7) is 1.47. The number of rotatable bonds is 7. The van der Waals surface area contributed by atoms with E-state index in [1.165, 1.54) is 25.7 Å². The number of thiophene rings is 1. The average molecular weight is 266 g/mol. The van der Waals surface area contributed by atoms with Crippen molar-refractivity contribution >= 4 is 23.4 Å². The van der Waals surface area contributed by atoms with E-state index >= 15 is 0 Å². The molecule has 0 bridgehead atoms. The van der Waals surface area contributed by atoms with E-state index < -0.39 is 5.97 Å². The van der Waals surface area contributed by atoms with Crippen molar-refractivity contribution < 1.29 is 14.6 Å².